The van der Waals surface area contributed by atoms with E-state index >= 15 is 0 Å². The van der Waals surface area contributed by atoms with Gasteiger partial charge < -0.3 is 0 Å². The molecule has 0 aromatic carbocycles. The lowest BCUT2D eigenvalue weighted by molar-refractivity contribution is -0.379. The minimum absolute atomic E-state index is 0.132. The normalized spacial score (nSPS) is 13.1. The Morgan fingerprint density at radius 2 is 1.45 bits per heavy atom. The van der Waals surface area contributed by atoms with Crippen LogP contribution >= 0.6 is 0 Å². The first-order valence-electron chi connectivity index (χ1n) is 4.20. The maximum Gasteiger partial charge on any atom is 0.100 e. The highest BCUT2D eigenvalue weighted by Crippen LogP contribution is 2.20. The summed E-state index contributed by atoms with van der Waals surface area (Å²) in [4.78, 5) is 10.3. The highest BCUT2D eigenvalue weighted by molar-refractivity contribution is 4.70. The molecule has 2 heteroatoms. The van der Waals surface area contributed by atoms with Gasteiger partial charge in [-0.15, -0.1) is 0 Å². The first-order chi connectivity index (χ1) is 4.86. The van der Waals surface area contributed by atoms with Crippen molar-refractivity contribution in [3.8, 4) is 0 Å². The van der Waals surface area contributed by atoms with Gasteiger partial charge in [0.2, 0.25) is 0 Å². The Balaban J connectivity index is 3.73. The Kier molecular flexibility index (Phi) is 4.04. The Morgan fingerprint density at radius 3 is 1.73 bits per heavy atom. The fraction of sp³-hybridized carbons (Fsp3) is 1.00. The van der Waals surface area contributed by atoms with Gasteiger partial charge in [0.25, 0.3) is 0 Å². The summed E-state index contributed by atoms with van der Waals surface area (Å²) in [6.07, 6.45) is 0.132. The summed E-state index contributed by atoms with van der Waals surface area (Å²) in [6.45, 7) is 12.2. The second-order valence-corrected chi connectivity index (χ2v) is 3.99. The highest BCUT2D eigenvalue weighted by atomic mass is 17.2. The van der Waals surface area contributed by atoms with Crippen molar-refractivity contribution in [2.24, 2.45) is 5.92 Å². The second-order valence-electron chi connectivity index (χ2n) is 3.99. The largest absolute Gasteiger partial charge is 0.233 e. The molecular weight excluding hydrogens is 140 g/mol. The molecule has 0 aromatic heterocycles. The van der Waals surface area contributed by atoms with Crippen LogP contribution in [-0.4, -0.2) is 11.7 Å². The lowest BCUT2D eigenvalue weighted by Crippen LogP contribution is -2.32. The van der Waals surface area contributed by atoms with Crippen LogP contribution < -0.4 is 0 Å². The van der Waals surface area contributed by atoms with Crippen molar-refractivity contribution < 1.29 is 9.78 Å². The first kappa shape index (κ1) is 10.9. The zero-order valence-electron chi connectivity index (χ0n) is 8.47. The smallest absolute Gasteiger partial charge is 0.100 e. The van der Waals surface area contributed by atoms with Gasteiger partial charge in [-0.1, -0.05) is 13.8 Å². The van der Waals surface area contributed by atoms with E-state index in [4.69, 9.17) is 9.78 Å². The molecular formula is C9H20O2. The Morgan fingerprint density at radius 1 is 1.00 bits per heavy atom. The van der Waals surface area contributed by atoms with E-state index in [0.717, 1.165) is 0 Å². The van der Waals surface area contributed by atoms with E-state index in [0.29, 0.717) is 5.92 Å². The summed E-state index contributed by atoms with van der Waals surface area (Å²) in [5.41, 5.74) is -0.190. The zero-order chi connectivity index (χ0) is 9.07. The molecule has 0 atom stereocenters. The summed E-state index contributed by atoms with van der Waals surface area (Å²) in [6, 6.07) is 0. The topological polar surface area (TPSA) is 18.5 Å². The number of hydrogen-bond donors (Lipinski definition) is 0. The van der Waals surface area contributed by atoms with Crippen molar-refractivity contribution in [2.45, 2.75) is 53.2 Å². The molecule has 0 aromatic rings. The molecule has 0 unspecified atom stereocenters. The van der Waals surface area contributed by atoms with Crippen molar-refractivity contribution in [3.05, 3.63) is 0 Å². The van der Waals surface area contributed by atoms with Crippen LogP contribution in [0.2, 0.25) is 0 Å². The Hall–Kier alpha value is -0.0800. The van der Waals surface area contributed by atoms with Gasteiger partial charge in [0.1, 0.15) is 5.60 Å². The monoisotopic (exact) mass is 160 g/mol. The molecule has 2 nitrogen and oxygen atoms in total. The van der Waals surface area contributed by atoms with E-state index in [2.05, 4.69) is 13.8 Å². The molecule has 0 spiro atoms. The fourth-order valence-electron chi connectivity index (χ4n) is 0.316. The van der Waals surface area contributed by atoms with Crippen LogP contribution in [0.3, 0.4) is 0 Å². The third-order valence-corrected chi connectivity index (χ3v) is 1.85. The maximum absolute atomic E-state index is 5.25. The Bertz CT molecular complexity index is 106. The summed E-state index contributed by atoms with van der Waals surface area (Å²) < 4.78 is 0. The molecule has 0 saturated heterocycles. The van der Waals surface area contributed by atoms with E-state index < -0.39 is 0 Å². The lowest BCUT2D eigenvalue weighted by Gasteiger charge is -2.28. The van der Waals surface area contributed by atoms with Crippen LogP contribution in [0, 0.1) is 5.92 Å². The van der Waals surface area contributed by atoms with Gasteiger partial charge in [-0.05, 0) is 33.6 Å². The Labute approximate surface area is 69.8 Å². The summed E-state index contributed by atoms with van der Waals surface area (Å²) in [5.74, 6) is 0.459. The molecule has 0 amide bonds. The van der Waals surface area contributed by atoms with Crippen molar-refractivity contribution in [3.63, 3.8) is 0 Å². The molecule has 0 aliphatic heterocycles. The lowest BCUT2D eigenvalue weighted by atomic mass is 9.95. The highest BCUT2D eigenvalue weighted by Gasteiger charge is 2.24. The molecule has 0 rings (SSSR count). The van der Waals surface area contributed by atoms with Gasteiger partial charge in [-0.25, -0.2) is 9.78 Å². The van der Waals surface area contributed by atoms with Crippen molar-refractivity contribution in [1.82, 2.24) is 0 Å². The van der Waals surface area contributed by atoms with Gasteiger partial charge in [-0.3, -0.25) is 0 Å². The van der Waals surface area contributed by atoms with Crippen LogP contribution in [0.25, 0.3) is 0 Å². The number of rotatable bonds is 4. The minimum Gasteiger partial charge on any atom is -0.233 e. The summed E-state index contributed by atoms with van der Waals surface area (Å²) >= 11 is 0. The van der Waals surface area contributed by atoms with Crippen LogP contribution in [0.15, 0.2) is 0 Å². The molecule has 0 radical (unpaired) electrons. The van der Waals surface area contributed by atoms with Crippen LogP contribution in [0.1, 0.15) is 41.5 Å². The molecule has 0 heterocycles. The van der Waals surface area contributed by atoms with Crippen LogP contribution in [0.5, 0.6) is 0 Å². The van der Waals surface area contributed by atoms with E-state index in [-0.39, 0.29) is 11.7 Å². The van der Waals surface area contributed by atoms with E-state index in [1.807, 2.05) is 27.7 Å². The maximum atomic E-state index is 5.25. The van der Waals surface area contributed by atoms with Crippen LogP contribution in [0.4, 0.5) is 0 Å². The molecule has 0 saturated carbocycles. The second kappa shape index (κ2) is 4.07. The molecule has 0 N–H and O–H groups in total. The van der Waals surface area contributed by atoms with Crippen molar-refractivity contribution in [1.29, 1.82) is 0 Å². The molecule has 0 aliphatic rings. The van der Waals surface area contributed by atoms with E-state index in [9.17, 15) is 0 Å². The average molecular weight is 160 g/mol. The number of hydrogen-bond acceptors (Lipinski definition) is 2. The van der Waals surface area contributed by atoms with Crippen molar-refractivity contribution in [2.75, 3.05) is 0 Å². The summed E-state index contributed by atoms with van der Waals surface area (Å²) in [5, 5.41) is 0. The molecule has 11 heavy (non-hydrogen) atoms. The first-order valence-corrected chi connectivity index (χ1v) is 4.20. The molecule has 0 aliphatic carbocycles. The van der Waals surface area contributed by atoms with Gasteiger partial charge >= 0.3 is 0 Å². The van der Waals surface area contributed by atoms with E-state index in [1.165, 1.54) is 0 Å². The molecule has 68 valence electrons. The van der Waals surface area contributed by atoms with Gasteiger partial charge in [0.05, 0.1) is 6.10 Å². The quantitative estimate of drug-likeness (QED) is 0.465. The third-order valence-electron chi connectivity index (χ3n) is 1.85. The molecule has 0 bridgehead atoms. The van der Waals surface area contributed by atoms with Gasteiger partial charge in [0.15, 0.2) is 0 Å². The predicted octanol–water partition coefficient (Wildman–Crippen LogP) is 2.78. The average Bonchev–Trinajstić information content (AvgIpc) is 1.84. The minimum atomic E-state index is -0.190. The third kappa shape index (κ3) is 4.38. The van der Waals surface area contributed by atoms with Gasteiger partial charge in [-0.2, -0.15) is 0 Å². The molecule has 0 fully saturated rings. The van der Waals surface area contributed by atoms with Crippen LogP contribution in [-0.2, 0) is 9.78 Å². The summed E-state index contributed by atoms with van der Waals surface area (Å²) in [7, 11) is 0. The SMILES string of the molecule is CC(C)OOC(C)(C)C(C)C. The zero-order valence-corrected chi connectivity index (χ0v) is 8.47. The fourth-order valence-corrected chi connectivity index (χ4v) is 0.316. The van der Waals surface area contributed by atoms with E-state index in [1.54, 1.807) is 0 Å². The predicted molar refractivity (Wildman–Crippen MR) is 46.2 cm³/mol. The standard InChI is InChI=1S/C9H20O2/c1-7(2)9(5,6)11-10-8(3)4/h7-8H,1-6H3. The van der Waals surface area contributed by atoms with Gasteiger partial charge in [0, 0.05) is 0 Å². The van der Waals surface area contributed by atoms with Crippen molar-refractivity contribution >= 4 is 0 Å².